The quantitative estimate of drug-likeness (QED) is 0.861. The fourth-order valence-electron chi connectivity index (χ4n) is 2.78. The van der Waals surface area contributed by atoms with Crippen LogP contribution in [0.4, 0.5) is 0 Å². The summed E-state index contributed by atoms with van der Waals surface area (Å²) in [7, 11) is 1.69. The molecule has 0 radical (unpaired) electrons. The van der Waals surface area contributed by atoms with Crippen molar-refractivity contribution >= 4 is 0 Å². The first-order valence-electron chi connectivity index (χ1n) is 7.40. The van der Waals surface area contributed by atoms with Crippen molar-refractivity contribution in [3.8, 4) is 5.75 Å². The molecule has 0 saturated carbocycles. The van der Waals surface area contributed by atoms with Gasteiger partial charge in [0.05, 0.1) is 19.8 Å². The third-order valence-electron chi connectivity index (χ3n) is 4.04. The third-order valence-corrected chi connectivity index (χ3v) is 4.04. The standard InChI is InChI=1S/C16H26N2O2/c1-12(2)13-4-5-16(20-3)14(10-13)15(11-19)18-8-6-17-7-9-18/h4-5,10,12,15,17,19H,6-9,11H2,1-3H3/t15-/m0/s1. The second-order valence-corrected chi connectivity index (χ2v) is 5.64. The lowest BCUT2D eigenvalue weighted by atomic mass is 9.96. The first kappa shape index (κ1) is 15.3. The number of piperazine rings is 1. The number of nitrogens with one attached hydrogen (secondary N) is 1. The Labute approximate surface area is 121 Å². The monoisotopic (exact) mass is 278 g/mol. The van der Waals surface area contributed by atoms with E-state index in [1.54, 1.807) is 7.11 Å². The highest BCUT2D eigenvalue weighted by molar-refractivity contribution is 5.40. The zero-order valence-electron chi connectivity index (χ0n) is 12.7. The van der Waals surface area contributed by atoms with Crippen molar-refractivity contribution in [3.63, 3.8) is 0 Å². The van der Waals surface area contributed by atoms with Crippen LogP contribution in [0.25, 0.3) is 0 Å². The highest BCUT2D eigenvalue weighted by Gasteiger charge is 2.24. The lowest BCUT2D eigenvalue weighted by molar-refractivity contribution is 0.109. The van der Waals surface area contributed by atoms with Gasteiger partial charge in [-0.15, -0.1) is 0 Å². The van der Waals surface area contributed by atoms with Gasteiger partial charge in [0.15, 0.2) is 0 Å². The molecule has 20 heavy (non-hydrogen) atoms. The van der Waals surface area contributed by atoms with Crippen LogP contribution in [0.1, 0.15) is 36.9 Å². The van der Waals surface area contributed by atoms with E-state index in [4.69, 9.17) is 4.74 Å². The normalized spacial score (nSPS) is 18.2. The molecule has 1 atom stereocenters. The Balaban J connectivity index is 2.32. The van der Waals surface area contributed by atoms with Crippen LogP contribution in [-0.2, 0) is 0 Å². The van der Waals surface area contributed by atoms with Gasteiger partial charge in [-0.3, -0.25) is 4.90 Å². The summed E-state index contributed by atoms with van der Waals surface area (Å²) in [5.41, 5.74) is 2.39. The molecule has 1 aliphatic heterocycles. The highest BCUT2D eigenvalue weighted by atomic mass is 16.5. The van der Waals surface area contributed by atoms with E-state index < -0.39 is 0 Å². The number of nitrogens with zero attached hydrogens (tertiary/aromatic N) is 1. The molecule has 2 N–H and O–H groups in total. The second kappa shape index (κ2) is 7.07. The Hall–Kier alpha value is -1.10. The molecule has 1 heterocycles. The predicted molar refractivity (Wildman–Crippen MR) is 81.4 cm³/mol. The van der Waals surface area contributed by atoms with Crippen LogP contribution in [0.3, 0.4) is 0 Å². The molecule has 0 aliphatic carbocycles. The predicted octanol–water partition coefficient (Wildman–Crippen LogP) is 1.76. The minimum atomic E-state index is 0.0192. The van der Waals surface area contributed by atoms with Gasteiger partial charge in [-0.1, -0.05) is 26.0 Å². The fourth-order valence-corrected chi connectivity index (χ4v) is 2.78. The van der Waals surface area contributed by atoms with Crippen LogP contribution in [0.5, 0.6) is 5.75 Å². The lowest BCUT2D eigenvalue weighted by Gasteiger charge is -2.35. The van der Waals surface area contributed by atoms with Crippen LogP contribution in [0.15, 0.2) is 18.2 Å². The summed E-state index contributed by atoms with van der Waals surface area (Å²) in [6, 6.07) is 6.34. The van der Waals surface area contributed by atoms with Gasteiger partial charge in [-0.2, -0.15) is 0 Å². The molecule has 0 bridgehead atoms. The number of hydrogen-bond acceptors (Lipinski definition) is 4. The highest BCUT2D eigenvalue weighted by Crippen LogP contribution is 2.32. The molecule has 2 rings (SSSR count). The Kier molecular flexibility index (Phi) is 5.40. The Morgan fingerprint density at radius 1 is 1.30 bits per heavy atom. The molecule has 1 aromatic rings. The fraction of sp³-hybridized carbons (Fsp3) is 0.625. The molecule has 0 amide bonds. The SMILES string of the molecule is COc1ccc(C(C)C)cc1[C@H](CO)N1CCNCC1. The van der Waals surface area contributed by atoms with Crippen LogP contribution < -0.4 is 10.1 Å². The summed E-state index contributed by atoms with van der Waals surface area (Å²) in [4.78, 5) is 2.33. The van der Waals surface area contributed by atoms with Crippen LogP contribution in [0.2, 0.25) is 0 Å². The van der Waals surface area contributed by atoms with E-state index in [-0.39, 0.29) is 12.6 Å². The molecule has 0 spiro atoms. The Morgan fingerprint density at radius 2 is 2.00 bits per heavy atom. The zero-order chi connectivity index (χ0) is 14.5. The molecule has 1 aromatic carbocycles. The second-order valence-electron chi connectivity index (χ2n) is 5.64. The van der Waals surface area contributed by atoms with Crippen molar-refractivity contribution in [1.82, 2.24) is 10.2 Å². The molecule has 4 nitrogen and oxygen atoms in total. The van der Waals surface area contributed by atoms with Crippen LogP contribution >= 0.6 is 0 Å². The number of ether oxygens (including phenoxy) is 1. The molecular formula is C16H26N2O2. The summed E-state index contributed by atoms with van der Waals surface area (Å²) in [5, 5.41) is 13.2. The van der Waals surface area contributed by atoms with Gasteiger partial charge in [0, 0.05) is 31.7 Å². The van der Waals surface area contributed by atoms with E-state index in [1.807, 2.05) is 6.07 Å². The average molecular weight is 278 g/mol. The summed E-state index contributed by atoms with van der Waals surface area (Å²) >= 11 is 0. The minimum absolute atomic E-state index is 0.0192. The number of aliphatic hydroxyl groups is 1. The van der Waals surface area contributed by atoms with Crippen molar-refractivity contribution in [2.24, 2.45) is 0 Å². The third kappa shape index (κ3) is 3.32. The van der Waals surface area contributed by atoms with Gasteiger partial charge < -0.3 is 15.2 Å². The number of methoxy groups -OCH3 is 1. The van der Waals surface area contributed by atoms with E-state index >= 15 is 0 Å². The van der Waals surface area contributed by atoms with Gasteiger partial charge in [0.25, 0.3) is 0 Å². The number of benzene rings is 1. The van der Waals surface area contributed by atoms with E-state index in [0.29, 0.717) is 5.92 Å². The van der Waals surface area contributed by atoms with Gasteiger partial charge in [-0.05, 0) is 17.5 Å². The van der Waals surface area contributed by atoms with E-state index in [1.165, 1.54) is 5.56 Å². The number of aliphatic hydroxyl groups excluding tert-OH is 1. The molecule has 0 unspecified atom stereocenters. The van der Waals surface area contributed by atoms with E-state index in [0.717, 1.165) is 37.5 Å². The van der Waals surface area contributed by atoms with Crippen molar-refractivity contribution < 1.29 is 9.84 Å². The average Bonchev–Trinajstić information content (AvgIpc) is 2.49. The molecule has 112 valence electrons. The maximum absolute atomic E-state index is 9.86. The van der Waals surface area contributed by atoms with Gasteiger partial charge in [0.2, 0.25) is 0 Å². The molecule has 1 aliphatic rings. The Morgan fingerprint density at radius 3 is 2.55 bits per heavy atom. The molecule has 4 heteroatoms. The van der Waals surface area contributed by atoms with Crippen molar-refractivity contribution in [3.05, 3.63) is 29.3 Å². The first-order chi connectivity index (χ1) is 9.67. The van der Waals surface area contributed by atoms with Crippen molar-refractivity contribution in [2.75, 3.05) is 39.9 Å². The largest absolute Gasteiger partial charge is 0.496 e. The molecule has 1 saturated heterocycles. The van der Waals surface area contributed by atoms with Crippen molar-refractivity contribution in [1.29, 1.82) is 0 Å². The number of rotatable bonds is 5. The summed E-state index contributed by atoms with van der Waals surface area (Å²) in [6.07, 6.45) is 0. The maximum atomic E-state index is 9.86. The topological polar surface area (TPSA) is 44.7 Å². The first-order valence-corrected chi connectivity index (χ1v) is 7.40. The van der Waals surface area contributed by atoms with Crippen LogP contribution in [0, 0.1) is 0 Å². The smallest absolute Gasteiger partial charge is 0.123 e. The minimum Gasteiger partial charge on any atom is -0.496 e. The zero-order valence-corrected chi connectivity index (χ0v) is 12.7. The van der Waals surface area contributed by atoms with Gasteiger partial charge in [0.1, 0.15) is 5.75 Å². The van der Waals surface area contributed by atoms with Gasteiger partial charge in [-0.25, -0.2) is 0 Å². The number of hydrogen-bond donors (Lipinski definition) is 2. The van der Waals surface area contributed by atoms with E-state index in [2.05, 4.69) is 36.2 Å². The molecule has 0 aromatic heterocycles. The van der Waals surface area contributed by atoms with E-state index in [9.17, 15) is 5.11 Å². The summed E-state index contributed by atoms with van der Waals surface area (Å²) in [5.74, 6) is 1.34. The molecule has 1 fully saturated rings. The van der Waals surface area contributed by atoms with Crippen LogP contribution in [-0.4, -0.2) is 49.9 Å². The Bertz CT molecular complexity index is 428. The lowest BCUT2D eigenvalue weighted by Crippen LogP contribution is -2.46. The summed E-state index contributed by atoms with van der Waals surface area (Å²) in [6.45, 7) is 8.36. The molecular weight excluding hydrogens is 252 g/mol. The maximum Gasteiger partial charge on any atom is 0.123 e. The summed E-state index contributed by atoms with van der Waals surface area (Å²) < 4.78 is 5.50. The van der Waals surface area contributed by atoms with Gasteiger partial charge >= 0.3 is 0 Å². The van der Waals surface area contributed by atoms with Crippen molar-refractivity contribution in [2.45, 2.75) is 25.8 Å².